The zero-order valence-corrected chi connectivity index (χ0v) is 25.7. The Balaban J connectivity index is 0.000000443. The molecule has 5 aromatic rings. The molecule has 10 nitrogen and oxygen atoms in total. The first-order valence-electron chi connectivity index (χ1n) is 14.7. The predicted octanol–water partition coefficient (Wildman–Crippen LogP) is 5.09. The van der Waals surface area contributed by atoms with Crippen LogP contribution in [0, 0.1) is 0 Å². The molecule has 2 aromatic heterocycles. The Labute approximate surface area is 266 Å². The lowest BCUT2D eigenvalue weighted by Gasteiger charge is -2.23. The van der Waals surface area contributed by atoms with Gasteiger partial charge >= 0.3 is 5.97 Å². The highest BCUT2D eigenvalue weighted by atomic mass is 35.5. The van der Waals surface area contributed by atoms with E-state index >= 15 is 0 Å². The highest BCUT2D eigenvalue weighted by Crippen LogP contribution is 2.33. The van der Waals surface area contributed by atoms with Crippen molar-refractivity contribution in [2.75, 3.05) is 43.4 Å². The number of carboxylic acids is 1. The molecule has 0 spiro atoms. The van der Waals surface area contributed by atoms with Crippen LogP contribution in [0.4, 0.5) is 17.1 Å². The molecule has 3 aromatic carbocycles. The average molecular weight is 626 g/mol. The molecule has 232 valence electrons. The maximum atomic E-state index is 13.8. The Morgan fingerprint density at radius 3 is 2.33 bits per heavy atom. The number of aromatic carboxylic acids is 1. The van der Waals surface area contributed by atoms with Crippen molar-refractivity contribution in [2.45, 2.75) is 13.1 Å². The number of nitrogens with zero attached hydrogens (tertiary/aromatic N) is 3. The van der Waals surface area contributed by atoms with Crippen LogP contribution in [0.15, 0.2) is 91.1 Å². The smallest absolute Gasteiger partial charge is 0.352 e. The molecule has 6 N–H and O–H groups in total. The Morgan fingerprint density at radius 1 is 0.889 bits per heavy atom. The molecule has 7 rings (SSSR count). The van der Waals surface area contributed by atoms with Crippen molar-refractivity contribution in [1.29, 1.82) is 0 Å². The van der Waals surface area contributed by atoms with E-state index in [9.17, 15) is 14.7 Å². The number of amides is 1. The van der Waals surface area contributed by atoms with Gasteiger partial charge in [-0.1, -0.05) is 48.0 Å². The van der Waals surface area contributed by atoms with E-state index in [1.165, 1.54) is 7.05 Å². The fraction of sp³-hybridized carbons (Fsp3) is 0.206. The fourth-order valence-electron chi connectivity index (χ4n) is 5.40. The zero-order valence-electron chi connectivity index (χ0n) is 25.0. The summed E-state index contributed by atoms with van der Waals surface area (Å²) in [5, 5.41) is 20.7. The van der Waals surface area contributed by atoms with Gasteiger partial charge in [-0.15, -0.1) is 0 Å². The largest absolute Gasteiger partial charge is 0.477 e. The molecule has 0 unspecified atom stereocenters. The summed E-state index contributed by atoms with van der Waals surface area (Å²) in [6, 6.07) is 25.9. The standard InChI is InChI=1S/C29H21ClN4O3.C4H10N2.CH5N/c30-23-15-20(32-24-8-3-6-18-7-4-14-31-27(18)24)10-12-22(23)28(35)34-17-21-11-13-26(29(36)37)33(21)16-19-5-1-2-9-25(19)34;1-2-6-4-3-5-1;1-2/h1-15,32H,16-17H2,(H,36,37);5-6H,1-4H2;2H2,1H3. The minimum absolute atomic E-state index is 0.190. The van der Waals surface area contributed by atoms with Gasteiger partial charge in [-0.05, 0) is 61.1 Å². The summed E-state index contributed by atoms with van der Waals surface area (Å²) in [6.45, 7) is 5.14. The summed E-state index contributed by atoms with van der Waals surface area (Å²) in [4.78, 5) is 31.7. The molecular formula is C34H36ClN7O3. The second-order valence-corrected chi connectivity index (χ2v) is 10.7. The number of halogens is 1. The Hall–Kier alpha value is -4.74. The average Bonchev–Trinajstić information content (AvgIpc) is 3.40. The van der Waals surface area contributed by atoms with Gasteiger partial charge in [-0.25, -0.2) is 4.79 Å². The van der Waals surface area contributed by atoms with E-state index in [2.05, 4.69) is 26.7 Å². The Morgan fingerprint density at radius 2 is 1.62 bits per heavy atom. The van der Waals surface area contributed by atoms with Gasteiger partial charge in [0.05, 0.1) is 34.9 Å². The van der Waals surface area contributed by atoms with Gasteiger partial charge in [0.1, 0.15) is 5.69 Å². The van der Waals surface area contributed by atoms with Crippen LogP contribution < -0.4 is 26.6 Å². The normalized spacial score (nSPS) is 13.6. The number of aromatic nitrogens is 2. The second-order valence-electron chi connectivity index (χ2n) is 10.3. The van der Waals surface area contributed by atoms with E-state index in [0.29, 0.717) is 17.1 Å². The summed E-state index contributed by atoms with van der Waals surface area (Å²) in [6.07, 6.45) is 1.75. The summed E-state index contributed by atoms with van der Waals surface area (Å²) < 4.78 is 1.74. The van der Waals surface area contributed by atoms with Crippen molar-refractivity contribution in [1.82, 2.24) is 20.2 Å². The lowest BCUT2D eigenvalue weighted by atomic mass is 10.1. The van der Waals surface area contributed by atoms with Crippen LogP contribution in [0.5, 0.6) is 0 Å². The lowest BCUT2D eigenvalue weighted by Crippen LogP contribution is -2.39. The molecule has 0 radical (unpaired) electrons. The fourth-order valence-corrected chi connectivity index (χ4v) is 5.67. The quantitative estimate of drug-likeness (QED) is 0.186. The molecule has 0 aliphatic carbocycles. The number of nitrogens with two attached hydrogens (primary N) is 1. The van der Waals surface area contributed by atoms with Gasteiger partial charge in [0.2, 0.25) is 0 Å². The number of rotatable bonds is 4. The third-order valence-electron chi connectivity index (χ3n) is 7.53. The van der Waals surface area contributed by atoms with Gasteiger partial charge in [0.25, 0.3) is 5.91 Å². The van der Waals surface area contributed by atoms with E-state index in [4.69, 9.17) is 11.6 Å². The van der Waals surface area contributed by atoms with Crippen molar-refractivity contribution in [3.05, 3.63) is 119 Å². The third kappa shape index (κ3) is 7.16. The third-order valence-corrected chi connectivity index (χ3v) is 7.85. The first kappa shape index (κ1) is 31.7. The number of carboxylic acid groups (broad SMARTS) is 1. The molecule has 1 saturated heterocycles. The molecule has 1 fully saturated rings. The maximum Gasteiger partial charge on any atom is 0.352 e. The Bertz CT molecular complexity index is 1790. The number of hydrogen-bond acceptors (Lipinski definition) is 7. The monoisotopic (exact) mass is 625 g/mol. The van der Waals surface area contributed by atoms with E-state index in [-0.39, 0.29) is 18.1 Å². The van der Waals surface area contributed by atoms with Crippen LogP contribution in [0.25, 0.3) is 10.9 Å². The zero-order chi connectivity index (χ0) is 31.8. The van der Waals surface area contributed by atoms with Crippen LogP contribution in [-0.4, -0.2) is 59.8 Å². The number of piperazine rings is 1. The number of hydrogen-bond donors (Lipinski definition) is 5. The molecule has 11 heteroatoms. The van der Waals surface area contributed by atoms with Gasteiger partial charge in [0, 0.05) is 54.8 Å². The Kier molecular flexibility index (Phi) is 10.4. The lowest BCUT2D eigenvalue weighted by molar-refractivity contribution is 0.0685. The second kappa shape index (κ2) is 14.8. The molecule has 0 atom stereocenters. The molecule has 0 bridgehead atoms. The number of para-hydroxylation sites is 2. The summed E-state index contributed by atoms with van der Waals surface area (Å²) >= 11 is 6.66. The number of anilines is 3. The van der Waals surface area contributed by atoms with Crippen molar-refractivity contribution in [2.24, 2.45) is 5.73 Å². The number of carbonyl (C=O) groups is 2. The van der Waals surface area contributed by atoms with Crippen LogP contribution in [0.3, 0.4) is 0 Å². The SMILES string of the molecule is C1CNCCN1.CN.O=C(O)c1ccc2n1Cc1ccccc1N(C(=O)c1ccc(Nc3cccc4cccnc34)cc1Cl)C2. The van der Waals surface area contributed by atoms with Gasteiger partial charge in [0.15, 0.2) is 0 Å². The molecule has 4 heterocycles. The molecule has 2 aliphatic rings. The molecule has 45 heavy (non-hydrogen) atoms. The number of fused-ring (bicyclic) bond motifs is 3. The minimum atomic E-state index is -1.00. The summed E-state index contributed by atoms with van der Waals surface area (Å²) in [5.74, 6) is -1.27. The minimum Gasteiger partial charge on any atom is -0.477 e. The van der Waals surface area contributed by atoms with Gasteiger partial charge in [-0.3, -0.25) is 9.78 Å². The van der Waals surface area contributed by atoms with Crippen molar-refractivity contribution >= 4 is 51.4 Å². The number of benzene rings is 3. The van der Waals surface area contributed by atoms with Crippen molar-refractivity contribution in [3.63, 3.8) is 0 Å². The summed E-state index contributed by atoms with van der Waals surface area (Å²) in [7, 11) is 1.50. The first-order valence-corrected chi connectivity index (χ1v) is 15.1. The van der Waals surface area contributed by atoms with Crippen molar-refractivity contribution in [3.8, 4) is 0 Å². The van der Waals surface area contributed by atoms with Crippen LogP contribution >= 0.6 is 11.6 Å². The highest BCUT2D eigenvalue weighted by Gasteiger charge is 2.28. The van der Waals surface area contributed by atoms with E-state index in [1.54, 1.807) is 39.9 Å². The number of pyridine rings is 1. The topological polar surface area (TPSA) is 138 Å². The van der Waals surface area contributed by atoms with Crippen molar-refractivity contribution < 1.29 is 14.7 Å². The molecular weight excluding hydrogens is 590 g/mol. The molecule has 1 amide bonds. The van der Waals surface area contributed by atoms with Gasteiger partial charge in [-0.2, -0.15) is 0 Å². The van der Waals surface area contributed by atoms with Gasteiger partial charge < -0.3 is 36.3 Å². The predicted molar refractivity (Wildman–Crippen MR) is 180 cm³/mol. The van der Waals surface area contributed by atoms with Crippen LogP contribution in [0.2, 0.25) is 5.02 Å². The molecule has 2 aliphatic heterocycles. The van der Waals surface area contributed by atoms with E-state index < -0.39 is 5.97 Å². The first-order chi connectivity index (χ1) is 22.0. The van der Waals surface area contributed by atoms with Crippen LogP contribution in [0.1, 0.15) is 32.1 Å². The number of carbonyl (C=O) groups excluding carboxylic acids is 1. The van der Waals surface area contributed by atoms with E-state index in [1.807, 2.05) is 60.7 Å². The highest BCUT2D eigenvalue weighted by molar-refractivity contribution is 6.35. The van der Waals surface area contributed by atoms with Crippen LogP contribution in [-0.2, 0) is 13.1 Å². The maximum absolute atomic E-state index is 13.8. The molecule has 0 saturated carbocycles. The number of nitrogens with one attached hydrogen (secondary N) is 3. The summed E-state index contributed by atoms with van der Waals surface area (Å²) in [5.41, 5.74) is 9.78. The van der Waals surface area contributed by atoms with E-state index in [0.717, 1.165) is 65.4 Å².